The van der Waals surface area contributed by atoms with Gasteiger partial charge in [0.05, 0.1) is 27.7 Å². The number of carbonyl (C=O) groups excluding carboxylic acids is 1. The minimum absolute atomic E-state index is 0.290. The number of hydrogen-bond acceptors (Lipinski definition) is 7. The average Bonchev–Trinajstić information content (AvgIpc) is 3.52. The lowest BCUT2D eigenvalue weighted by Crippen LogP contribution is -2.39. The number of thiazole rings is 1. The molecular formula is C30H31F3N2O3S2. The zero-order valence-electron chi connectivity index (χ0n) is 23.2. The van der Waals surface area contributed by atoms with Crippen LogP contribution in [-0.4, -0.2) is 30.2 Å². The van der Waals surface area contributed by atoms with E-state index < -0.39 is 23.3 Å². The molecule has 0 radical (unpaired) electrons. The smallest absolute Gasteiger partial charge is 0.416 e. The third-order valence-electron chi connectivity index (χ3n) is 6.28. The quantitative estimate of drug-likeness (QED) is 0.184. The third-order valence-corrected chi connectivity index (χ3v) is 8.55. The second-order valence-electron chi connectivity index (χ2n) is 9.94. The molecule has 4 aromatic rings. The summed E-state index contributed by atoms with van der Waals surface area (Å²) in [7, 11) is 2.02. The largest absolute Gasteiger partial charge is 0.476 e. The van der Waals surface area contributed by atoms with E-state index >= 15 is 0 Å². The summed E-state index contributed by atoms with van der Waals surface area (Å²) in [6, 6.07) is 13.1. The number of nitrogens with zero attached hydrogens (tertiary/aromatic N) is 2. The van der Waals surface area contributed by atoms with E-state index in [-0.39, 0.29) is 6.61 Å². The van der Waals surface area contributed by atoms with E-state index in [1.54, 1.807) is 32.1 Å². The summed E-state index contributed by atoms with van der Waals surface area (Å²) < 4.78 is 50.0. The minimum Gasteiger partial charge on any atom is -0.476 e. The second-order valence-corrected chi connectivity index (χ2v) is 11.8. The Kier molecular flexibility index (Phi) is 8.60. The van der Waals surface area contributed by atoms with E-state index in [1.807, 2.05) is 50.5 Å². The minimum atomic E-state index is -4.37. The Morgan fingerprint density at radius 1 is 1.05 bits per heavy atom. The summed E-state index contributed by atoms with van der Waals surface area (Å²) in [6.45, 7) is 9.93. The van der Waals surface area contributed by atoms with Gasteiger partial charge in [-0.15, -0.1) is 22.7 Å². The van der Waals surface area contributed by atoms with Crippen molar-refractivity contribution in [2.24, 2.45) is 0 Å². The SMILES string of the molecule is CCOC(=O)C(C)(C)Oc1ccc(CN(C)c2sccc2-c2sc(-c3ccc(C(F)(F)F)cc3)nc2C)cc1C. The molecule has 40 heavy (non-hydrogen) atoms. The van der Waals surface area contributed by atoms with Gasteiger partial charge in [0, 0.05) is 24.7 Å². The highest BCUT2D eigenvalue weighted by atomic mass is 32.1. The topological polar surface area (TPSA) is 51.7 Å². The van der Waals surface area contributed by atoms with E-state index in [1.165, 1.54) is 23.5 Å². The maximum atomic E-state index is 13.0. The number of benzene rings is 2. The van der Waals surface area contributed by atoms with Gasteiger partial charge in [-0.1, -0.05) is 24.3 Å². The lowest BCUT2D eigenvalue weighted by Gasteiger charge is -2.25. The molecule has 5 nitrogen and oxygen atoms in total. The normalized spacial score (nSPS) is 11.9. The molecule has 2 heterocycles. The fourth-order valence-corrected chi connectivity index (χ4v) is 6.27. The van der Waals surface area contributed by atoms with Crippen molar-refractivity contribution in [2.45, 2.75) is 52.9 Å². The fourth-order valence-electron chi connectivity index (χ4n) is 4.23. The van der Waals surface area contributed by atoms with Crippen LogP contribution in [0.25, 0.3) is 21.0 Å². The first kappa shape index (κ1) is 29.6. The maximum absolute atomic E-state index is 13.0. The summed E-state index contributed by atoms with van der Waals surface area (Å²) in [5, 5.41) is 3.77. The van der Waals surface area contributed by atoms with Gasteiger partial charge in [-0.2, -0.15) is 13.2 Å². The molecule has 0 unspecified atom stereocenters. The van der Waals surface area contributed by atoms with Gasteiger partial charge in [-0.3, -0.25) is 0 Å². The number of thiophene rings is 1. The number of anilines is 1. The van der Waals surface area contributed by atoms with Crippen molar-refractivity contribution in [3.63, 3.8) is 0 Å². The predicted molar refractivity (Wildman–Crippen MR) is 155 cm³/mol. The van der Waals surface area contributed by atoms with Gasteiger partial charge in [-0.25, -0.2) is 9.78 Å². The first-order chi connectivity index (χ1) is 18.8. The number of rotatable bonds is 9. The number of hydrogen-bond donors (Lipinski definition) is 0. The van der Waals surface area contributed by atoms with Gasteiger partial charge in [0.15, 0.2) is 5.60 Å². The molecule has 0 amide bonds. The van der Waals surface area contributed by atoms with Crippen LogP contribution in [0.1, 0.15) is 43.2 Å². The Hall–Kier alpha value is -3.37. The van der Waals surface area contributed by atoms with Crippen LogP contribution in [0.5, 0.6) is 5.75 Å². The highest BCUT2D eigenvalue weighted by Gasteiger charge is 2.32. The Balaban J connectivity index is 1.52. The van der Waals surface area contributed by atoms with Gasteiger partial charge in [-0.05, 0) is 75.4 Å². The molecule has 0 N–H and O–H groups in total. The summed E-state index contributed by atoms with van der Waals surface area (Å²) in [5.41, 5.74) is 2.73. The number of alkyl halides is 3. The van der Waals surface area contributed by atoms with Gasteiger partial charge < -0.3 is 14.4 Å². The molecule has 0 saturated carbocycles. The number of carbonyl (C=O) groups is 1. The lowest BCUT2D eigenvalue weighted by molar-refractivity contribution is -0.158. The molecule has 0 spiro atoms. The number of halogens is 3. The van der Waals surface area contributed by atoms with E-state index in [9.17, 15) is 18.0 Å². The number of ether oxygens (including phenoxy) is 2. The second kappa shape index (κ2) is 11.6. The molecule has 10 heteroatoms. The molecule has 0 aliphatic rings. The number of esters is 1. The first-order valence-corrected chi connectivity index (χ1v) is 14.4. The van der Waals surface area contributed by atoms with Crippen LogP contribution < -0.4 is 9.64 Å². The zero-order valence-corrected chi connectivity index (χ0v) is 24.8. The van der Waals surface area contributed by atoms with Crippen molar-refractivity contribution in [3.05, 3.63) is 76.3 Å². The Morgan fingerprint density at radius 3 is 2.38 bits per heavy atom. The van der Waals surface area contributed by atoms with E-state index in [4.69, 9.17) is 9.47 Å². The lowest BCUT2D eigenvalue weighted by atomic mass is 10.1. The van der Waals surface area contributed by atoms with Crippen molar-refractivity contribution in [1.82, 2.24) is 4.98 Å². The summed E-state index contributed by atoms with van der Waals surface area (Å²) in [6.07, 6.45) is -4.37. The fraction of sp³-hybridized carbons (Fsp3) is 0.333. The summed E-state index contributed by atoms with van der Waals surface area (Å²) in [4.78, 5) is 20.0. The Bertz CT molecular complexity index is 1490. The number of aryl methyl sites for hydroxylation is 2. The molecular weight excluding hydrogens is 557 g/mol. The van der Waals surface area contributed by atoms with Crippen molar-refractivity contribution < 1.29 is 27.4 Å². The maximum Gasteiger partial charge on any atom is 0.416 e. The Labute approximate surface area is 240 Å². The van der Waals surface area contributed by atoms with Crippen LogP contribution in [-0.2, 0) is 22.3 Å². The van der Waals surface area contributed by atoms with E-state index in [0.29, 0.717) is 22.9 Å². The molecule has 212 valence electrons. The van der Waals surface area contributed by atoms with Gasteiger partial charge in [0.2, 0.25) is 0 Å². The first-order valence-electron chi connectivity index (χ1n) is 12.7. The van der Waals surface area contributed by atoms with Gasteiger partial charge >= 0.3 is 12.1 Å². The van der Waals surface area contributed by atoms with Crippen molar-refractivity contribution in [1.29, 1.82) is 0 Å². The average molecular weight is 589 g/mol. The Morgan fingerprint density at radius 2 is 1.75 bits per heavy atom. The summed E-state index contributed by atoms with van der Waals surface area (Å²) in [5.74, 6) is 0.209. The molecule has 0 fully saturated rings. The van der Waals surface area contributed by atoms with Crippen LogP contribution in [0.15, 0.2) is 53.9 Å². The van der Waals surface area contributed by atoms with Crippen molar-refractivity contribution in [2.75, 3.05) is 18.6 Å². The third kappa shape index (κ3) is 6.50. The highest BCUT2D eigenvalue weighted by Crippen LogP contribution is 2.43. The predicted octanol–water partition coefficient (Wildman–Crippen LogP) is 8.53. The van der Waals surface area contributed by atoms with E-state index in [2.05, 4.69) is 9.88 Å². The van der Waals surface area contributed by atoms with Crippen LogP contribution in [0.2, 0.25) is 0 Å². The van der Waals surface area contributed by atoms with Crippen LogP contribution in [0.4, 0.5) is 18.2 Å². The van der Waals surface area contributed by atoms with Gasteiger partial charge in [0.25, 0.3) is 0 Å². The van der Waals surface area contributed by atoms with Crippen molar-refractivity contribution in [3.8, 4) is 26.8 Å². The molecule has 0 bridgehead atoms. The molecule has 0 saturated heterocycles. The van der Waals surface area contributed by atoms with Crippen LogP contribution in [0.3, 0.4) is 0 Å². The molecule has 0 atom stereocenters. The van der Waals surface area contributed by atoms with Crippen LogP contribution in [0, 0.1) is 13.8 Å². The molecule has 0 aliphatic heterocycles. The monoisotopic (exact) mass is 588 g/mol. The number of aromatic nitrogens is 1. The zero-order chi connectivity index (χ0) is 29.2. The molecule has 4 rings (SSSR count). The molecule has 2 aromatic carbocycles. The molecule has 2 aromatic heterocycles. The standard InChI is InChI=1S/C30H31F3N2O3S2/c1-7-37-28(36)29(4,5)38-24-13-8-20(16-18(24)2)17-35(6)27-23(14-15-39-27)25-19(3)34-26(40-25)21-9-11-22(12-10-21)30(31,32)33/h8-16H,7,17H2,1-6H3. The van der Waals surface area contributed by atoms with E-state index in [0.717, 1.165) is 44.4 Å². The highest BCUT2D eigenvalue weighted by molar-refractivity contribution is 7.20. The van der Waals surface area contributed by atoms with Crippen LogP contribution >= 0.6 is 22.7 Å². The van der Waals surface area contributed by atoms with Crippen molar-refractivity contribution >= 4 is 33.6 Å². The summed E-state index contributed by atoms with van der Waals surface area (Å²) >= 11 is 3.09. The molecule has 0 aliphatic carbocycles. The van der Waals surface area contributed by atoms with Gasteiger partial charge in [0.1, 0.15) is 10.8 Å².